The first kappa shape index (κ1) is 7.59. The lowest BCUT2D eigenvalue weighted by molar-refractivity contribution is -0.107. The average molecular weight is 117 g/mol. The van der Waals surface area contributed by atoms with Crippen LogP contribution in [-0.2, 0) is 4.79 Å². The highest BCUT2D eigenvalue weighted by Gasteiger charge is 1.83. The highest BCUT2D eigenvalue weighted by atomic mass is 16.5. The molecule has 0 aromatic rings. The fourth-order valence-corrected chi connectivity index (χ4v) is 0.432. The van der Waals surface area contributed by atoms with Crippen molar-refractivity contribution in [3.8, 4) is 0 Å². The van der Waals surface area contributed by atoms with Crippen LogP contribution in [0.2, 0.25) is 0 Å². The molecule has 0 unspecified atom stereocenters. The minimum atomic E-state index is 0.577. The lowest BCUT2D eigenvalue weighted by atomic mass is 10.2. The molecule has 0 aromatic heterocycles. The van der Waals surface area contributed by atoms with E-state index in [0.29, 0.717) is 13.0 Å². The van der Waals surface area contributed by atoms with Crippen LogP contribution in [0.1, 0.15) is 19.3 Å². The molecule has 0 spiro atoms. The monoisotopic (exact) mass is 117 g/mol. The van der Waals surface area contributed by atoms with E-state index in [0.717, 1.165) is 19.1 Å². The second-order valence-electron chi connectivity index (χ2n) is 1.57. The Bertz CT molecular complexity index is 56.4. The third-order valence-electron chi connectivity index (χ3n) is 0.861. The van der Waals surface area contributed by atoms with Gasteiger partial charge in [0.25, 0.3) is 0 Å². The van der Waals surface area contributed by atoms with Gasteiger partial charge in [0, 0.05) is 13.0 Å². The summed E-state index contributed by atoms with van der Waals surface area (Å²) in [6.07, 6.45) is 3.20. The number of aldehydes is 1. The van der Waals surface area contributed by atoms with Crippen molar-refractivity contribution in [2.75, 3.05) is 6.54 Å². The molecule has 0 aliphatic carbocycles. The molecule has 0 aliphatic rings. The zero-order valence-corrected chi connectivity index (χ0v) is 4.76. The Labute approximate surface area is 48.7 Å². The number of hydroxylamine groups is 1. The van der Waals surface area contributed by atoms with Gasteiger partial charge in [-0.1, -0.05) is 0 Å². The van der Waals surface area contributed by atoms with Gasteiger partial charge < -0.3 is 10.0 Å². The van der Waals surface area contributed by atoms with Crippen molar-refractivity contribution < 1.29 is 10.0 Å². The SMILES string of the molecule is O=CCCCCNO. The molecule has 0 rings (SSSR count). The molecule has 0 bridgehead atoms. The van der Waals surface area contributed by atoms with E-state index in [1.54, 1.807) is 0 Å². The van der Waals surface area contributed by atoms with Crippen LogP contribution in [0.15, 0.2) is 0 Å². The van der Waals surface area contributed by atoms with E-state index in [1.807, 2.05) is 5.48 Å². The molecule has 0 radical (unpaired) electrons. The third kappa shape index (κ3) is 5.59. The summed E-state index contributed by atoms with van der Waals surface area (Å²) in [6, 6.07) is 0. The number of rotatable bonds is 5. The maximum atomic E-state index is 9.69. The van der Waals surface area contributed by atoms with Crippen LogP contribution in [0.3, 0.4) is 0 Å². The van der Waals surface area contributed by atoms with Crippen LogP contribution < -0.4 is 5.48 Å². The van der Waals surface area contributed by atoms with Crippen LogP contribution in [0.4, 0.5) is 0 Å². The Kier molecular flexibility index (Phi) is 6.25. The van der Waals surface area contributed by atoms with Gasteiger partial charge in [-0.25, -0.2) is 5.48 Å². The van der Waals surface area contributed by atoms with E-state index < -0.39 is 0 Å². The lowest BCUT2D eigenvalue weighted by Gasteiger charge is -1.91. The number of carbonyl (C=O) groups is 1. The van der Waals surface area contributed by atoms with Gasteiger partial charge in [-0.15, -0.1) is 0 Å². The molecule has 0 amide bonds. The number of hydrogen-bond donors (Lipinski definition) is 2. The predicted molar refractivity (Wildman–Crippen MR) is 29.7 cm³/mol. The van der Waals surface area contributed by atoms with E-state index in [4.69, 9.17) is 5.21 Å². The van der Waals surface area contributed by atoms with Crippen molar-refractivity contribution in [2.24, 2.45) is 0 Å². The molecule has 8 heavy (non-hydrogen) atoms. The van der Waals surface area contributed by atoms with Crippen molar-refractivity contribution in [1.82, 2.24) is 5.48 Å². The molecule has 3 nitrogen and oxygen atoms in total. The molecule has 0 fully saturated rings. The van der Waals surface area contributed by atoms with Gasteiger partial charge in [-0.2, -0.15) is 0 Å². The number of carbonyl (C=O) groups excluding carboxylic acids is 1. The summed E-state index contributed by atoms with van der Waals surface area (Å²) in [5.74, 6) is 0. The maximum Gasteiger partial charge on any atom is 0.119 e. The van der Waals surface area contributed by atoms with Gasteiger partial charge in [-0.3, -0.25) is 0 Å². The maximum absolute atomic E-state index is 9.69. The fourth-order valence-electron chi connectivity index (χ4n) is 0.432. The summed E-state index contributed by atoms with van der Waals surface area (Å²) < 4.78 is 0. The molecule has 0 saturated heterocycles. The van der Waals surface area contributed by atoms with E-state index >= 15 is 0 Å². The molecule has 3 heteroatoms. The van der Waals surface area contributed by atoms with Crippen LogP contribution >= 0.6 is 0 Å². The normalized spacial score (nSPS) is 9.12. The quantitative estimate of drug-likeness (QED) is 0.310. The molecule has 0 saturated carbocycles. The molecular formula is C5H11NO2. The minimum absolute atomic E-state index is 0.577. The summed E-state index contributed by atoms with van der Waals surface area (Å²) in [6.45, 7) is 0.577. The van der Waals surface area contributed by atoms with Crippen molar-refractivity contribution in [1.29, 1.82) is 0 Å². The van der Waals surface area contributed by atoms with Crippen LogP contribution in [0, 0.1) is 0 Å². The highest BCUT2D eigenvalue weighted by molar-refractivity contribution is 5.48. The molecule has 2 N–H and O–H groups in total. The van der Waals surface area contributed by atoms with Crippen molar-refractivity contribution in [3.05, 3.63) is 0 Å². The number of unbranched alkanes of at least 4 members (excludes halogenated alkanes) is 2. The summed E-state index contributed by atoms with van der Waals surface area (Å²) in [5.41, 5.74) is 2.01. The average Bonchev–Trinajstić information content (AvgIpc) is 1.81. The first-order chi connectivity index (χ1) is 3.91. The van der Waals surface area contributed by atoms with E-state index in [9.17, 15) is 4.79 Å². The number of hydrogen-bond acceptors (Lipinski definition) is 3. The molecule has 0 aliphatic heterocycles. The standard InChI is InChI=1S/C5H11NO2/c7-5-3-1-2-4-6-8/h5-6,8H,1-4H2. The van der Waals surface area contributed by atoms with Crippen LogP contribution in [0.5, 0.6) is 0 Å². The minimum Gasteiger partial charge on any atom is -0.317 e. The molecule has 0 aromatic carbocycles. The lowest BCUT2D eigenvalue weighted by Crippen LogP contribution is -2.07. The van der Waals surface area contributed by atoms with Gasteiger partial charge in [0.2, 0.25) is 0 Å². The van der Waals surface area contributed by atoms with Gasteiger partial charge in [0.15, 0.2) is 0 Å². The van der Waals surface area contributed by atoms with Crippen molar-refractivity contribution in [3.63, 3.8) is 0 Å². The van der Waals surface area contributed by atoms with Gasteiger partial charge in [0.1, 0.15) is 6.29 Å². The van der Waals surface area contributed by atoms with Crippen molar-refractivity contribution >= 4 is 6.29 Å². The fraction of sp³-hybridized carbons (Fsp3) is 0.800. The summed E-state index contributed by atoms with van der Waals surface area (Å²) in [7, 11) is 0. The van der Waals surface area contributed by atoms with Crippen molar-refractivity contribution in [2.45, 2.75) is 19.3 Å². The smallest absolute Gasteiger partial charge is 0.119 e. The summed E-state index contributed by atoms with van der Waals surface area (Å²) in [4.78, 5) is 9.69. The van der Waals surface area contributed by atoms with Crippen LogP contribution in [0.25, 0.3) is 0 Å². The van der Waals surface area contributed by atoms with E-state index in [1.165, 1.54) is 0 Å². The molecule has 0 heterocycles. The van der Waals surface area contributed by atoms with Gasteiger partial charge in [-0.05, 0) is 12.8 Å². The highest BCUT2D eigenvalue weighted by Crippen LogP contribution is 1.88. The second kappa shape index (κ2) is 6.59. The topological polar surface area (TPSA) is 49.3 Å². The Morgan fingerprint density at radius 3 is 2.75 bits per heavy atom. The Morgan fingerprint density at radius 1 is 1.50 bits per heavy atom. The first-order valence-corrected chi connectivity index (χ1v) is 2.72. The van der Waals surface area contributed by atoms with Crippen LogP contribution in [-0.4, -0.2) is 18.0 Å². The van der Waals surface area contributed by atoms with E-state index in [-0.39, 0.29) is 0 Å². The first-order valence-electron chi connectivity index (χ1n) is 2.72. The summed E-state index contributed by atoms with van der Waals surface area (Å²) in [5, 5.41) is 8.03. The largest absolute Gasteiger partial charge is 0.317 e. The van der Waals surface area contributed by atoms with E-state index in [2.05, 4.69) is 0 Å². The number of nitrogens with one attached hydrogen (secondary N) is 1. The molecule has 0 atom stereocenters. The van der Waals surface area contributed by atoms with Gasteiger partial charge in [0.05, 0.1) is 0 Å². The predicted octanol–water partition coefficient (Wildman–Crippen LogP) is 0.334. The van der Waals surface area contributed by atoms with Gasteiger partial charge >= 0.3 is 0 Å². The molecule has 48 valence electrons. The Balaban J connectivity index is 2.62. The zero-order chi connectivity index (χ0) is 6.24. The Hall–Kier alpha value is -0.410. The molecular weight excluding hydrogens is 106 g/mol. The second-order valence-corrected chi connectivity index (χ2v) is 1.57. The zero-order valence-electron chi connectivity index (χ0n) is 4.76. The summed E-state index contributed by atoms with van der Waals surface area (Å²) >= 11 is 0. The Morgan fingerprint density at radius 2 is 2.25 bits per heavy atom. The third-order valence-corrected chi connectivity index (χ3v) is 0.861.